The van der Waals surface area contributed by atoms with E-state index >= 15 is 0 Å². The van der Waals surface area contributed by atoms with E-state index in [-0.39, 0.29) is 17.9 Å². The normalized spacial score (nSPS) is 21.7. The summed E-state index contributed by atoms with van der Waals surface area (Å²) in [6.45, 7) is 16.8. The molecular formula is C37H53N5O7S. The molecule has 3 amide bonds. The van der Waals surface area contributed by atoms with Crippen LogP contribution in [0.3, 0.4) is 0 Å². The smallest absolute Gasteiger partial charge is 0.410 e. The first kappa shape index (κ1) is 37.4. The van der Waals surface area contributed by atoms with Crippen molar-refractivity contribution in [2.45, 2.75) is 117 Å². The van der Waals surface area contributed by atoms with Crippen LogP contribution >= 0.6 is 11.3 Å². The second-order valence-electron chi connectivity index (χ2n) is 16.6. The molecule has 3 saturated heterocycles. The molecular weight excluding hydrogens is 659 g/mol. The van der Waals surface area contributed by atoms with Gasteiger partial charge in [0.15, 0.2) is 6.29 Å². The maximum absolute atomic E-state index is 14.4. The van der Waals surface area contributed by atoms with E-state index in [9.17, 15) is 29.4 Å². The van der Waals surface area contributed by atoms with Crippen molar-refractivity contribution in [2.24, 2.45) is 5.41 Å². The van der Waals surface area contributed by atoms with Crippen LogP contribution in [0.1, 0.15) is 97.9 Å². The SMILES string of the molecule is CC1(C)CC2(CCCN(C3CCN(C(=O)c4cc(-c5ccccc5)sc4NC(N(C(=O)O)C(C)(C)C)N(C(=O)O)C(C)(C)C)CC3)C2)C(=O)O1. The molecule has 1 unspecified atom stereocenters. The Bertz CT molecular complexity index is 1560. The average Bonchev–Trinajstić information content (AvgIpc) is 3.52. The molecule has 1 aromatic heterocycles. The largest absolute Gasteiger partial charge is 0.465 e. The molecule has 2 aromatic rings. The molecule has 1 aromatic carbocycles. The van der Waals surface area contributed by atoms with E-state index in [1.807, 2.05) is 55.1 Å². The number of ether oxygens (including phenoxy) is 1. The van der Waals surface area contributed by atoms with E-state index in [0.29, 0.717) is 36.6 Å². The molecule has 1 spiro atoms. The summed E-state index contributed by atoms with van der Waals surface area (Å²) < 4.78 is 5.75. The van der Waals surface area contributed by atoms with Crippen LogP contribution in [0.15, 0.2) is 36.4 Å². The Morgan fingerprint density at radius 1 is 0.960 bits per heavy atom. The molecule has 0 aliphatic carbocycles. The summed E-state index contributed by atoms with van der Waals surface area (Å²) in [5, 5.41) is 24.5. The van der Waals surface area contributed by atoms with Gasteiger partial charge in [-0.2, -0.15) is 0 Å². The molecule has 0 bridgehead atoms. The van der Waals surface area contributed by atoms with Gasteiger partial charge in [0.2, 0.25) is 0 Å². The zero-order valence-corrected chi connectivity index (χ0v) is 31.4. The van der Waals surface area contributed by atoms with E-state index in [0.717, 1.165) is 52.5 Å². The van der Waals surface area contributed by atoms with Crippen molar-refractivity contribution in [3.05, 3.63) is 42.0 Å². The Labute approximate surface area is 299 Å². The number of rotatable bonds is 7. The minimum atomic E-state index is -1.34. The predicted octanol–water partition coefficient (Wildman–Crippen LogP) is 7.08. The molecule has 4 heterocycles. The van der Waals surface area contributed by atoms with Crippen LogP contribution in [-0.2, 0) is 9.53 Å². The third-order valence-electron chi connectivity index (χ3n) is 10.1. The third-order valence-corrected chi connectivity index (χ3v) is 11.2. The van der Waals surface area contributed by atoms with Crippen LogP contribution in [0, 0.1) is 5.41 Å². The Kier molecular flexibility index (Phi) is 10.3. The van der Waals surface area contributed by atoms with E-state index in [2.05, 4.69) is 10.2 Å². The summed E-state index contributed by atoms with van der Waals surface area (Å²) in [4.78, 5) is 60.2. The average molecular weight is 712 g/mol. The number of esters is 1. The zero-order valence-electron chi connectivity index (χ0n) is 30.6. The van der Waals surface area contributed by atoms with Crippen molar-refractivity contribution in [2.75, 3.05) is 31.5 Å². The van der Waals surface area contributed by atoms with E-state index < -0.39 is 40.6 Å². The van der Waals surface area contributed by atoms with Gasteiger partial charge in [0.25, 0.3) is 5.91 Å². The highest BCUT2D eigenvalue weighted by molar-refractivity contribution is 7.19. The monoisotopic (exact) mass is 711 g/mol. The minimum Gasteiger partial charge on any atom is -0.465 e. The number of hydrogen-bond donors (Lipinski definition) is 3. The van der Waals surface area contributed by atoms with Crippen LogP contribution in [0.2, 0.25) is 0 Å². The number of piperidine rings is 2. The second kappa shape index (κ2) is 13.7. The fraction of sp³-hybridized carbons (Fsp3) is 0.622. The highest BCUT2D eigenvalue weighted by Crippen LogP contribution is 2.47. The highest BCUT2D eigenvalue weighted by atomic mass is 32.1. The van der Waals surface area contributed by atoms with Gasteiger partial charge in [-0.05, 0) is 99.2 Å². The lowest BCUT2D eigenvalue weighted by Gasteiger charge is -2.48. The quantitative estimate of drug-likeness (QED) is 0.203. The van der Waals surface area contributed by atoms with Gasteiger partial charge in [-0.25, -0.2) is 9.59 Å². The number of nitrogens with zero attached hydrogens (tertiary/aromatic N) is 4. The molecule has 3 aliphatic heterocycles. The summed E-state index contributed by atoms with van der Waals surface area (Å²) in [5.41, 5.74) is -1.66. The number of cyclic esters (lactones) is 1. The van der Waals surface area contributed by atoms with Crippen molar-refractivity contribution < 1.29 is 34.1 Å². The van der Waals surface area contributed by atoms with Crippen LogP contribution < -0.4 is 5.32 Å². The first-order valence-corrected chi connectivity index (χ1v) is 18.3. The number of nitrogens with one attached hydrogen (secondary N) is 1. The van der Waals surface area contributed by atoms with Crippen molar-refractivity contribution in [1.29, 1.82) is 0 Å². The lowest BCUT2D eigenvalue weighted by molar-refractivity contribution is -0.154. The number of carboxylic acid groups (broad SMARTS) is 2. The summed E-state index contributed by atoms with van der Waals surface area (Å²) in [6, 6.07) is 11.7. The van der Waals surface area contributed by atoms with E-state index in [1.54, 1.807) is 41.5 Å². The van der Waals surface area contributed by atoms with Crippen LogP contribution in [0.5, 0.6) is 0 Å². The van der Waals surface area contributed by atoms with Gasteiger partial charge in [-0.15, -0.1) is 11.3 Å². The molecule has 12 nitrogen and oxygen atoms in total. The Balaban J connectivity index is 1.43. The van der Waals surface area contributed by atoms with Crippen molar-refractivity contribution in [1.82, 2.24) is 19.6 Å². The first-order valence-electron chi connectivity index (χ1n) is 17.5. The summed E-state index contributed by atoms with van der Waals surface area (Å²) >= 11 is 1.30. The van der Waals surface area contributed by atoms with Gasteiger partial charge in [-0.1, -0.05) is 30.3 Å². The molecule has 0 saturated carbocycles. The van der Waals surface area contributed by atoms with Gasteiger partial charge in [0.1, 0.15) is 10.6 Å². The zero-order chi connectivity index (χ0) is 36.8. The number of benzene rings is 1. The Hall–Kier alpha value is -3.84. The first-order chi connectivity index (χ1) is 23.2. The van der Waals surface area contributed by atoms with Gasteiger partial charge in [-0.3, -0.25) is 24.3 Å². The van der Waals surface area contributed by atoms with Crippen molar-refractivity contribution >= 4 is 40.4 Å². The number of carbonyl (C=O) groups excluding carboxylic acids is 2. The summed E-state index contributed by atoms with van der Waals surface area (Å²) in [5.74, 6) is -0.291. The van der Waals surface area contributed by atoms with E-state index in [1.165, 1.54) is 11.3 Å². The van der Waals surface area contributed by atoms with Gasteiger partial charge in [0.05, 0.1) is 11.0 Å². The van der Waals surface area contributed by atoms with Crippen molar-refractivity contribution in [3.8, 4) is 10.4 Å². The molecule has 0 radical (unpaired) electrons. The van der Waals surface area contributed by atoms with E-state index in [4.69, 9.17) is 4.74 Å². The number of carbonyl (C=O) groups is 4. The van der Waals surface area contributed by atoms with Crippen LogP contribution in [0.4, 0.5) is 14.6 Å². The lowest BCUT2D eigenvalue weighted by atomic mass is 9.74. The Morgan fingerprint density at radius 3 is 2.04 bits per heavy atom. The second-order valence-corrected chi connectivity index (χ2v) is 17.6. The molecule has 3 aliphatic rings. The van der Waals surface area contributed by atoms with Gasteiger partial charge in [0, 0.05) is 48.1 Å². The molecule has 274 valence electrons. The number of hydrogen-bond acceptors (Lipinski definition) is 8. The minimum absolute atomic E-state index is 0.0920. The van der Waals surface area contributed by atoms with Gasteiger partial charge >= 0.3 is 18.2 Å². The molecule has 5 rings (SSSR count). The summed E-state index contributed by atoms with van der Waals surface area (Å²) in [7, 11) is 0. The maximum atomic E-state index is 14.4. The summed E-state index contributed by atoms with van der Waals surface area (Å²) in [6.07, 6.45) is 0.0663. The standard InChI is InChI=1S/C37H53N5O7S/c1-34(2,3)41(32(45)46)31(42(33(47)48)35(4,5)6)38-28-26(21-27(50-28)24-13-10-9-11-14-24)29(43)39-19-15-25(16-20-39)40-18-12-17-37(23-40)22-36(7,8)49-30(37)44/h9-11,13-14,21,25,31,38H,12,15-20,22-23H2,1-8H3,(H,45,46)(H,47,48). The molecule has 3 N–H and O–H groups in total. The molecule has 13 heteroatoms. The molecule has 50 heavy (non-hydrogen) atoms. The van der Waals surface area contributed by atoms with Crippen molar-refractivity contribution in [3.63, 3.8) is 0 Å². The maximum Gasteiger partial charge on any atom is 0.410 e. The Morgan fingerprint density at radius 2 is 1.54 bits per heavy atom. The predicted molar refractivity (Wildman–Crippen MR) is 193 cm³/mol. The van der Waals surface area contributed by atoms with Gasteiger partial charge < -0.3 is 25.2 Å². The highest BCUT2D eigenvalue weighted by Gasteiger charge is 2.55. The fourth-order valence-electron chi connectivity index (χ4n) is 7.96. The number of likely N-dealkylation sites (tertiary alicyclic amines) is 2. The molecule has 3 fully saturated rings. The topological polar surface area (TPSA) is 143 Å². The van der Waals surface area contributed by atoms with Crippen LogP contribution in [0.25, 0.3) is 10.4 Å². The fourth-order valence-corrected chi connectivity index (χ4v) is 9.03. The van der Waals surface area contributed by atoms with Crippen LogP contribution in [-0.4, -0.2) is 109 Å². The molecule has 1 atom stereocenters. The number of anilines is 1. The third kappa shape index (κ3) is 7.73. The lowest BCUT2D eigenvalue weighted by Crippen LogP contribution is -2.66. The number of amides is 3. The number of thiophene rings is 1.